The molecule has 0 fully saturated rings. The van der Waals surface area contributed by atoms with Gasteiger partial charge in [0.2, 0.25) is 5.95 Å². The van der Waals surface area contributed by atoms with Crippen molar-refractivity contribution in [2.24, 2.45) is 0 Å². The summed E-state index contributed by atoms with van der Waals surface area (Å²) in [6, 6.07) is 3.19. The number of rotatable bonds is 7. The summed E-state index contributed by atoms with van der Waals surface area (Å²) in [6.45, 7) is 1.55. The molecular weight excluding hydrogens is 467 g/mol. The number of anilines is 1. The lowest BCUT2D eigenvalue weighted by Crippen LogP contribution is -2.29. The number of alkyl halides is 3. The van der Waals surface area contributed by atoms with Crippen molar-refractivity contribution < 1.29 is 31.1 Å². The van der Waals surface area contributed by atoms with Crippen molar-refractivity contribution in [1.29, 1.82) is 0 Å². The number of sulfone groups is 1. The summed E-state index contributed by atoms with van der Waals surface area (Å²) in [7, 11) is -2.36. The smallest absolute Gasteiger partial charge is 0.406 e. The van der Waals surface area contributed by atoms with Crippen molar-refractivity contribution in [3.05, 3.63) is 48.0 Å². The highest BCUT2D eigenvalue weighted by atomic mass is 32.2. The third-order valence-electron chi connectivity index (χ3n) is 4.14. The molecule has 3 rings (SSSR count). The van der Waals surface area contributed by atoms with Crippen molar-refractivity contribution in [2.45, 2.75) is 24.2 Å². The van der Waals surface area contributed by atoms with Gasteiger partial charge in [0, 0.05) is 31.3 Å². The van der Waals surface area contributed by atoms with E-state index in [4.69, 9.17) is 0 Å². The molecule has 1 aromatic carbocycles. The van der Waals surface area contributed by atoms with Crippen LogP contribution in [0.25, 0.3) is 5.95 Å². The number of carbonyl (C=O) groups is 1. The molecule has 1 atom stereocenters. The van der Waals surface area contributed by atoms with Gasteiger partial charge in [-0.3, -0.25) is 4.79 Å². The van der Waals surface area contributed by atoms with Crippen LogP contribution in [0.4, 0.5) is 19.1 Å². The summed E-state index contributed by atoms with van der Waals surface area (Å²) in [4.78, 5) is 24.7. The standard InChI is InChI=1S/C18H18F3N7O4S/c1-10(14-26-16(22-2)27-28(14)17-23-5-4-6-24-17)25-15(29)11-7-12(32-18(19,20)21)9-13(8-11)33(3,30)31/h4-10H,1-3H3,(H,22,27)(H,25,29)/t10-/m0/s1. The number of ether oxygens (including phenoxy) is 1. The molecule has 176 valence electrons. The Hall–Kier alpha value is -3.75. The molecule has 2 heterocycles. The molecule has 2 aromatic heterocycles. The molecule has 1 amide bonds. The van der Waals surface area contributed by atoms with Crippen LogP contribution >= 0.6 is 0 Å². The molecule has 11 nitrogen and oxygen atoms in total. The predicted octanol–water partition coefficient (Wildman–Crippen LogP) is 1.89. The minimum absolute atomic E-state index is 0.169. The molecule has 3 aromatic rings. The summed E-state index contributed by atoms with van der Waals surface area (Å²) < 4.78 is 66.9. The maximum absolute atomic E-state index is 12.8. The van der Waals surface area contributed by atoms with Crippen LogP contribution in [0.5, 0.6) is 5.75 Å². The Bertz CT molecular complexity index is 1260. The van der Waals surface area contributed by atoms with Gasteiger partial charge in [-0.2, -0.15) is 9.67 Å². The Kier molecular flexibility index (Phi) is 6.53. The third-order valence-corrected chi connectivity index (χ3v) is 5.23. The van der Waals surface area contributed by atoms with E-state index in [9.17, 15) is 26.4 Å². The highest BCUT2D eigenvalue weighted by Gasteiger charge is 2.32. The fourth-order valence-electron chi connectivity index (χ4n) is 2.71. The highest BCUT2D eigenvalue weighted by Crippen LogP contribution is 2.27. The number of benzene rings is 1. The van der Waals surface area contributed by atoms with Crippen molar-refractivity contribution >= 4 is 21.7 Å². The molecule has 0 unspecified atom stereocenters. The van der Waals surface area contributed by atoms with E-state index < -0.39 is 38.8 Å². The molecule has 0 saturated carbocycles. The molecule has 15 heteroatoms. The van der Waals surface area contributed by atoms with Gasteiger partial charge in [-0.15, -0.1) is 18.3 Å². The normalized spacial score (nSPS) is 12.8. The second kappa shape index (κ2) is 9.01. The van der Waals surface area contributed by atoms with Crippen LogP contribution in [0.3, 0.4) is 0 Å². The summed E-state index contributed by atoms with van der Waals surface area (Å²) in [5, 5.41) is 9.50. The van der Waals surface area contributed by atoms with Gasteiger partial charge in [-0.1, -0.05) is 0 Å². The summed E-state index contributed by atoms with van der Waals surface area (Å²) in [5.74, 6) is -1.12. The molecule has 0 saturated heterocycles. The quantitative estimate of drug-likeness (QED) is 0.513. The molecule has 0 aliphatic heterocycles. The topological polar surface area (TPSA) is 141 Å². The van der Waals surface area contributed by atoms with E-state index in [1.165, 1.54) is 17.1 Å². The van der Waals surface area contributed by atoms with Gasteiger partial charge >= 0.3 is 6.36 Å². The van der Waals surface area contributed by atoms with Crippen LogP contribution in [0.15, 0.2) is 41.6 Å². The predicted molar refractivity (Wildman–Crippen MR) is 109 cm³/mol. The molecule has 0 radical (unpaired) electrons. The van der Waals surface area contributed by atoms with E-state index in [-0.39, 0.29) is 23.3 Å². The number of halogens is 3. The fraction of sp³-hybridized carbons (Fsp3) is 0.278. The van der Waals surface area contributed by atoms with Crippen LogP contribution in [0.1, 0.15) is 29.1 Å². The Labute approximate surface area is 185 Å². The lowest BCUT2D eigenvalue weighted by Gasteiger charge is -2.15. The molecule has 0 aliphatic rings. The molecule has 33 heavy (non-hydrogen) atoms. The van der Waals surface area contributed by atoms with E-state index in [0.29, 0.717) is 6.07 Å². The maximum Gasteiger partial charge on any atom is 0.573 e. The number of hydrogen-bond acceptors (Lipinski definition) is 9. The van der Waals surface area contributed by atoms with Gasteiger partial charge < -0.3 is 15.4 Å². The Balaban J connectivity index is 1.94. The minimum atomic E-state index is -5.08. The van der Waals surface area contributed by atoms with E-state index in [2.05, 4.69) is 35.4 Å². The van der Waals surface area contributed by atoms with E-state index in [1.54, 1.807) is 20.0 Å². The Morgan fingerprint density at radius 2 is 1.85 bits per heavy atom. The van der Waals surface area contributed by atoms with Crippen LogP contribution in [0, 0.1) is 0 Å². The van der Waals surface area contributed by atoms with Gasteiger partial charge in [0.25, 0.3) is 11.9 Å². The first kappa shape index (κ1) is 23.9. The van der Waals surface area contributed by atoms with Gasteiger partial charge in [0.05, 0.1) is 10.9 Å². The average Bonchev–Trinajstić information content (AvgIpc) is 3.17. The van der Waals surface area contributed by atoms with E-state index in [0.717, 1.165) is 18.4 Å². The third kappa shape index (κ3) is 5.94. The van der Waals surface area contributed by atoms with Gasteiger partial charge in [0.1, 0.15) is 5.75 Å². The molecule has 0 bridgehead atoms. The SMILES string of the molecule is CNc1nc([C@H](C)NC(=O)c2cc(OC(F)(F)F)cc(S(C)(=O)=O)c2)n(-c2ncccn2)n1. The van der Waals surface area contributed by atoms with Crippen molar-refractivity contribution in [3.63, 3.8) is 0 Å². The van der Waals surface area contributed by atoms with Crippen LogP contribution in [0.2, 0.25) is 0 Å². The van der Waals surface area contributed by atoms with E-state index >= 15 is 0 Å². The highest BCUT2D eigenvalue weighted by molar-refractivity contribution is 7.90. The van der Waals surface area contributed by atoms with Crippen LogP contribution in [-0.4, -0.2) is 58.7 Å². The van der Waals surface area contributed by atoms with Crippen LogP contribution in [-0.2, 0) is 9.84 Å². The zero-order valence-electron chi connectivity index (χ0n) is 17.5. The molecule has 0 spiro atoms. The Morgan fingerprint density at radius 1 is 1.18 bits per heavy atom. The summed E-state index contributed by atoms with van der Waals surface area (Å²) in [6.07, 6.45) is -1.32. The van der Waals surface area contributed by atoms with Gasteiger partial charge in [0.15, 0.2) is 15.7 Å². The zero-order chi connectivity index (χ0) is 24.4. The minimum Gasteiger partial charge on any atom is -0.406 e. The van der Waals surface area contributed by atoms with Gasteiger partial charge in [-0.05, 0) is 31.2 Å². The number of aromatic nitrogens is 5. The molecule has 2 N–H and O–H groups in total. The van der Waals surface area contributed by atoms with Crippen molar-refractivity contribution in [3.8, 4) is 11.7 Å². The largest absolute Gasteiger partial charge is 0.573 e. The van der Waals surface area contributed by atoms with Crippen LogP contribution < -0.4 is 15.4 Å². The molecular formula is C18H18F3N7O4S. The first-order valence-electron chi connectivity index (χ1n) is 9.21. The molecule has 0 aliphatic carbocycles. The number of nitrogens with one attached hydrogen (secondary N) is 2. The van der Waals surface area contributed by atoms with Crippen molar-refractivity contribution in [1.82, 2.24) is 30.0 Å². The number of carbonyl (C=O) groups excluding carboxylic acids is 1. The number of hydrogen-bond donors (Lipinski definition) is 2. The number of nitrogens with zero attached hydrogens (tertiary/aromatic N) is 5. The monoisotopic (exact) mass is 485 g/mol. The average molecular weight is 485 g/mol. The van der Waals surface area contributed by atoms with E-state index in [1.807, 2.05) is 0 Å². The zero-order valence-corrected chi connectivity index (χ0v) is 18.3. The lowest BCUT2D eigenvalue weighted by atomic mass is 10.2. The van der Waals surface area contributed by atoms with Gasteiger partial charge in [-0.25, -0.2) is 18.4 Å². The second-order valence-electron chi connectivity index (χ2n) is 6.71. The van der Waals surface area contributed by atoms with Crippen molar-refractivity contribution in [2.75, 3.05) is 18.6 Å². The summed E-state index contributed by atoms with van der Waals surface area (Å²) in [5.41, 5.74) is -0.361. The number of amides is 1. The second-order valence-corrected chi connectivity index (χ2v) is 8.73. The summed E-state index contributed by atoms with van der Waals surface area (Å²) >= 11 is 0. The fourth-order valence-corrected chi connectivity index (χ4v) is 3.38. The first-order chi connectivity index (χ1) is 15.4. The first-order valence-corrected chi connectivity index (χ1v) is 11.1. The lowest BCUT2D eigenvalue weighted by molar-refractivity contribution is -0.274. The Morgan fingerprint density at radius 3 is 2.42 bits per heavy atom. The maximum atomic E-state index is 12.8.